The fourth-order valence-electron chi connectivity index (χ4n) is 3.45. The van der Waals surface area contributed by atoms with Crippen LogP contribution in [0, 0.1) is 5.92 Å². The smallest absolute Gasteiger partial charge is 0.252 e. The maximum atomic E-state index is 12.7. The quantitative estimate of drug-likeness (QED) is 0.789. The lowest BCUT2D eigenvalue weighted by atomic mass is 9.95. The summed E-state index contributed by atoms with van der Waals surface area (Å²) in [4.78, 5) is 27.8. The Kier molecular flexibility index (Phi) is 6.37. The van der Waals surface area contributed by atoms with Gasteiger partial charge in [0.2, 0.25) is 5.91 Å². The monoisotopic (exact) mass is 361 g/mol. The molecule has 5 nitrogen and oxygen atoms in total. The van der Waals surface area contributed by atoms with Crippen molar-refractivity contribution in [3.8, 4) is 0 Å². The molecule has 2 heterocycles. The average molecular weight is 362 g/mol. The molecule has 136 valence electrons. The number of carbonyl (C=O) groups excluding carboxylic acids is 2. The summed E-state index contributed by atoms with van der Waals surface area (Å²) in [5, 5.41) is 6.53. The highest BCUT2D eigenvalue weighted by molar-refractivity contribution is 8.00. The second-order valence-corrected chi connectivity index (χ2v) is 7.94. The van der Waals surface area contributed by atoms with Crippen LogP contribution >= 0.6 is 11.8 Å². The standard InChI is InChI=1S/C19H27N3O2S/c1-14-12-20-9-8-16(14)21-19(24)15-6-2-3-7-17(15)25-13-18(23)22-10-4-5-11-22/h2-3,6-7,14,16,20H,4-5,8-13H2,1H3,(H,21,24). The molecule has 2 saturated heterocycles. The zero-order valence-electron chi connectivity index (χ0n) is 14.8. The van der Waals surface area contributed by atoms with Crippen molar-refractivity contribution in [3.05, 3.63) is 29.8 Å². The highest BCUT2D eigenvalue weighted by Gasteiger charge is 2.24. The van der Waals surface area contributed by atoms with Gasteiger partial charge in [-0.2, -0.15) is 0 Å². The van der Waals surface area contributed by atoms with Crippen LogP contribution in [-0.4, -0.2) is 54.7 Å². The van der Waals surface area contributed by atoms with Crippen molar-refractivity contribution in [1.82, 2.24) is 15.5 Å². The van der Waals surface area contributed by atoms with Crippen LogP contribution in [0.1, 0.15) is 36.5 Å². The van der Waals surface area contributed by atoms with Gasteiger partial charge in [0.05, 0.1) is 11.3 Å². The Balaban J connectivity index is 1.61. The molecule has 2 aliphatic heterocycles. The molecule has 1 aromatic rings. The summed E-state index contributed by atoms with van der Waals surface area (Å²) in [6, 6.07) is 7.80. The van der Waals surface area contributed by atoms with Gasteiger partial charge in [0.1, 0.15) is 0 Å². The topological polar surface area (TPSA) is 61.4 Å². The Labute approximate surface area is 153 Å². The van der Waals surface area contributed by atoms with Crippen molar-refractivity contribution >= 4 is 23.6 Å². The van der Waals surface area contributed by atoms with Gasteiger partial charge in [0.15, 0.2) is 0 Å². The van der Waals surface area contributed by atoms with Gasteiger partial charge in [0.25, 0.3) is 5.91 Å². The van der Waals surface area contributed by atoms with E-state index in [4.69, 9.17) is 0 Å². The van der Waals surface area contributed by atoms with Crippen molar-refractivity contribution in [2.45, 2.75) is 37.1 Å². The number of carbonyl (C=O) groups is 2. The number of piperidine rings is 1. The molecule has 3 rings (SSSR count). The van der Waals surface area contributed by atoms with Crippen molar-refractivity contribution < 1.29 is 9.59 Å². The fourth-order valence-corrected chi connectivity index (χ4v) is 4.40. The van der Waals surface area contributed by atoms with Gasteiger partial charge in [-0.15, -0.1) is 11.8 Å². The van der Waals surface area contributed by atoms with E-state index in [-0.39, 0.29) is 17.9 Å². The highest BCUT2D eigenvalue weighted by Crippen LogP contribution is 2.24. The van der Waals surface area contributed by atoms with E-state index in [1.54, 1.807) is 0 Å². The average Bonchev–Trinajstić information content (AvgIpc) is 3.16. The summed E-state index contributed by atoms with van der Waals surface area (Å²) in [5.41, 5.74) is 0.674. The third-order valence-electron chi connectivity index (χ3n) is 5.04. The Morgan fingerprint density at radius 3 is 2.80 bits per heavy atom. The Morgan fingerprint density at radius 2 is 2.04 bits per heavy atom. The van der Waals surface area contributed by atoms with Gasteiger partial charge in [-0.1, -0.05) is 19.1 Å². The van der Waals surface area contributed by atoms with Crippen LogP contribution in [0.25, 0.3) is 0 Å². The molecule has 0 aromatic heterocycles. The van der Waals surface area contributed by atoms with Crippen molar-refractivity contribution in [2.24, 2.45) is 5.92 Å². The molecule has 6 heteroatoms. The number of nitrogens with zero attached hydrogens (tertiary/aromatic N) is 1. The number of benzene rings is 1. The molecule has 2 N–H and O–H groups in total. The molecule has 0 radical (unpaired) electrons. The lowest BCUT2D eigenvalue weighted by Gasteiger charge is -2.30. The Hall–Kier alpha value is -1.53. The molecule has 0 spiro atoms. The van der Waals surface area contributed by atoms with E-state index >= 15 is 0 Å². The van der Waals surface area contributed by atoms with E-state index in [2.05, 4.69) is 17.6 Å². The van der Waals surface area contributed by atoms with Gasteiger partial charge in [-0.25, -0.2) is 0 Å². The summed E-state index contributed by atoms with van der Waals surface area (Å²) in [7, 11) is 0. The Bertz CT molecular complexity index is 616. The number of amides is 2. The first-order valence-corrected chi connectivity index (χ1v) is 10.1. The molecular weight excluding hydrogens is 334 g/mol. The number of rotatable bonds is 5. The summed E-state index contributed by atoms with van der Waals surface area (Å²) in [6.45, 7) is 5.78. The van der Waals surface area contributed by atoms with E-state index in [0.29, 0.717) is 17.2 Å². The molecule has 0 aliphatic carbocycles. The fraction of sp³-hybridized carbons (Fsp3) is 0.579. The van der Waals surface area contributed by atoms with Gasteiger partial charge in [0, 0.05) is 24.0 Å². The van der Waals surface area contributed by atoms with Crippen LogP contribution in [0.15, 0.2) is 29.2 Å². The van der Waals surface area contributed by atoms with Crippen LogP contribution in [0.3, 0.4) is 0 Å². The lowest BCUT2D eigenvalue weighted by Crippen LogP contribution is -2.48. The van der Waals surface area contributed by atoms with Gasteiger partial charge in [-0.3, -0.25) is 9.59 Å². The van der Waals surface area contributed by atoms with Crippen LogP contribution in [0.2, 0.25) is 0 Å². The van der Waals surface area contributed by atoms with Crippen LogP contribution in [0.5, 0.6) is 0 Å². The summed E-state index contributed by atoms with van der Waals surface area (Å²) < 4.78 is 0. The van der Waals surface area contributed by atoms with Gasteiger partial charge in [-0.05, 0) is 50.4 Å². The lowest BCUT2D eigenvalue weighted by molar-refractivity contribution is -0.127. The van der Waals surface area contributed by atoms with Crippen LogP contribution in [-0.2, 0) is 4.79 Å². The van der Waals surface area contributed by atoms with Crippen molar-refractivity contribution in [1.29, 1.82) is 0 Å². The normalized spacial score (nSPS) is 23.5. The van der Waals surface area contributed by atoms with E-state index in [1.807, 2.05) is 29.2 Å². The minimum absolute atomic E-state index is 0.0320. The predicted octanol–water partition coefficient (Wildman–Crippen LogP) is 2.13. The molecule has 2 fully saturated rings. The maximum Gasteiger partial charge on any atom is 0.252 e. The minimum Gasteiger partial charge on any atom is -0.349 e. The van der Waals surface area contributed by atoms with E-state index in [9.17, 15) is 9.59 Å². The van der Waals surface area contributed by atoms with Gasteiger partial charge >= 0.3 is 0 Å². The third-order valence-corrected chi connectivity index (χ3v) is 6.10. The van der Waals surface area contributed by atoms with Crippen LogP contribution in [0.4, 0.5) is 0 Å². The molecule has 0 saturated carbocycles. The summed E-state index contributed by atoms with van der Waals surface area (Å²) in [6.07, 6.45) is 3.16. The third kappa shape index (κ3) is 4.76. The Morgan fingerprint density at radius 1 is 1.28 bits per heavy atom. The molecule has 2 atom stereocenters. The SMILES string of the molecule is CC1CNCCC1NC(=O)c1ccccc1SCC(=O)N1CCCC1. The van der Waals surface area contributed by atoms with E-state index < -0.39 is 0 Å². The predicted molar refractivity (Wildman–Crippen MR) is 101 cm³/mol. The molecule has 1 aromatic carbocycles. The first-order chi connectivity index (χ1) is 12.1. The number of hydrogen-bond donors (Lipinski definition) is 2. The number of nitrogens with one attached hydrogen (secondary N) is 2. The van der Waals surface area contributed by atoms with Crippen molar-refractivity contribution in [2.75, 3.05) is 31.9 Å². The second kappa shape index (κ2) is 8.72. The maximum absolute atomic E-state index is 12.7. The second-order valence-electron chi connectivity index (χ2n) is 6.92. The number of thioether (sulfide) groups is 1. The zero-order valence-corrected chi connectivity index (χ0v) is 15.6. The first kappa shape index (κ1) is 18.3. The van der Waals surface area contributed by atoms with Crippen LogP contribution < -0.4 is 10.6 Å². The molecule has 2 unspecified atom stereocenters. The highest BCUT2D eigenvalue weighted by atomic mass is 32.2. The summed E-state index contributed by atoms with van der Waals surface area (Å²) in [5.74, 6) is 0.961. The molecule has 2 amide bonds. The molecule has 0 bridgehead atoms. The zero-order chi connectivity index (χ0) is 17.6. The summed E-state index contributed by atoms with van der Waals surface area (Å²) >= 11 is 1.47. The molecular formula is C19H27N3O2S. The van der Waals surface area contributed by atoms with E-state index in [0.717, 1.165) is 50.3 Å². The largest absolute Gasteiger partial charge is 0.349 e. The van der Waals surface area contributed by atoms with Crippen molar-refractivity contribution in [3.63, 3.8) is 0 Å². The molecule has 2 aliphatic rings. The number of hydrogen-bond acceptors (Lipinski definition) is 4. The molecule has 25 heavy (non-hydrogen) atoms. The number of likely N-dealkylation sites (tertiary alicyclic amines) is 1. The van der Waals surface area contributed by atoms with Gasteiger partial charge < -0.3 is 15.5 Å². The minimum atomic E-state index is -0.0320. The first-order valence-electron chi connectivity index (χ1n) is 9.16. The van der Waals surface area contributed by atoms with E-state index in [1.165, 1.54) is 11.8 Å².